The van der Waals surface area contributed by atoms with Crippen molar-refractivity contribution in [3.05, 3.63) is 64.3 Å². The van der Waals surface area contributed by atoms with Crippen LogP contribution in [0.3, 0.4) is 0 Å². The molecule has 1 atom stereocenters. The first-order chi connectivity index (χ1) is 14.9. The molecule has 1 amide bonds. The number of nitrogens with one attached hydrogen (secondary N) is 1. The fourth-order valence-electron chi connectivity index (χ4n) is 2.74. The van der Waals surface area contributed by atoms with E-state index >= 15 is 0 Å². The summed E-state index contributed by atoms with van der Waals surface area (Å²) in [6.07, 6.45) is 1.36. The second-order valence-electron chi connectivity index (χ2n) is 6.52. The number of halogens is 1. The van der Waals surface area contributed by atoms with Gasteiger partial charge in [-0.3, -0.25) is 9.36 Å². The lowest BCUT2D eigenvalue weighted by atomic mass is 10.2. The Morgan fingerprint density at radius 1 is 1.48 bits per heavy atom. The van der Waals surface area contributed by atoms with Crippen LogP contribution in [0, 0.1) is 18.3 Å². The topological polar surface area (TPSA) is 92.8 Å². The van der Waals surface area contributed by atoms with Gasteiger partial charge in [-0.2, -0.15) is 5.26 Å². The number of hydrogen-bond donors (Lipinski definition) is 1. The van der Waals surface area contributed by atoms with E-state index in [9.17, 15) is 4.79 Å². The molecular formula is C21H20ClN5O2S2. The van der Waals surface area contributed by atoms with Gasteiger partial charge in [-0.25, -0.2) is 0 Å². The molecule has 0 saturated heterocycles. The van der Waals surface area contributed by atoms with Crippen molar-refractivity contribution in [3.8, 4) is 11.8 Å². The van der Waals surface area contributed by atoms with Gasteiger partial charge in [-0.15, -0.1) is 28.1 Å². The van der Waals surface area contributed by atoms with Gasteiger partial charge in [0.25, 0.3) is 0 Å². The van der Waals surface area contributed by atoms with Gasteiger partial charge in [0.1, 0.15) is 16.8 Å². The average Bonchev–Trinajstić information content (AvgIpc) is 3.36. The SMILES string of the molecule is C=CCn1c(SCC(=O)Nc2sccc2C#N)nnc1C(C)Oc1ccc(Cl)c(C)c1. The summed E-state index contributed by atoms with van der Waals surface area (Å²) < 4.78 is 7.89. The molecule has 1 aromatic carbocycles. The number of benzene rings is 1. The molecule has 0 aliphatic rings. The molecule has 0 aliphatic heterocycles. The van der Waals surface area contributed by atoms with Crippen molar-refractivity contribution in [1.82, 2.24) is 14.8 Å². The van der Waals surface area contributed by atoms with Gasteiger partial charge in [0.15, 0.2) is 17.1 Å². The Bertz CT molecular complexity index is 1140. The Balaban J connectivity index is 1.69. The molecule has 0 fully saturated rings. The van der Waals surface area contributed by atoms with E-state index in [-0.39, 0.29) is 17.8 Å². The van der Waals surface area contributed by atoms with E-state index in [0.717, 1.165) is 5.56 Å². The summed E-state index contributed by atoms with van der Waals surface area (Å²) in [5.74, 6) is 1.21. The molecule has 1 unspecified atom stereocenters. The third kappa shape index (κ3) is 5.67. The lowest BCUT2D eigenvalue weighted by Gasteiger charge is -2.16. The first-order valence-corrected chi connectivity index (χ1v) is 11.5. The predicted octanol–water partition coefficient (Wildman–Crippen LogP) is 5.23. The van der Waals surface area contributed by atoms with Gasteiger partial charge >= 0.3 is 0 Å². The number of allylic oxidation sites excluding steroid dienone is 1. The van der Waals surface area contributed by atoms with Crippen molar-refractivity contribution < 1.29 is 9.53 Å². The standard InChI is InChI=1S/C21H20ClN5O2S2/c1-4-8-27-19(14(3)29-16-5-6-17(22)13(2)10-16)25-26-21(27)31-12-18(28)24-20-15(11-23)7-9-30-20/h4-7,9-10,14H,1,8,12H2,2-3H3,(H,24,28). The maximum Gasteiger partial charge on any atom is 0.235 e. The summed E-state index contributed by atoms with van der Waals surface area (Å²) in [7, 11) is 0. The number of hydrogen-bond acceptors (Lipinski definition) is 7. The highest BCUT2D eigenvalue weighted by molar-refractivity contribution is 7.99. The Morgan fingerprint density at radius 2 is 2.29 bits per heavy atom. The summed E-state index contributed by atoms with van der Waals surface area (Å²) >= 11 is 8.65. The molecule has 2 aromatic heterocycles. The Labute approximate surface area is 193 Å². The minimum Gasteiger partial charge on any atom is -0.483 e. The number of thioether (sulfide) groups is 1. The molecule has 0 saturated carbocycles. The van der Waals surface area contributed by atoms with Crippen LogP contribution in [0.1, 0.15) is 30.0 Å². The summed E-state index contributed by atoms with van der Waals surface area (Å²) in [6, 6.07) is 9.19. The van der Waals surface area contributed by atoms with Crippen LogP contribution in [-0.2, 0) is 11.3 Å². The largest absolute Gasteiger partial charge is 0.483 e. The van der Waals surface area contributed by atoms with E-state index < -0.39 is 0 Å². The minimum atomic E-state index is -0.375. The van der Waals surface area contributed by atoms with E-state index in [1.54, 1.807) is 29.7 Å². The van der Waals surface area contributed by atoms with Gasteiger partial charge in [0.2, 0.25) is 5.91 Å². The molecule has 1 N–H and O–H groups in total. The number of aromatic nitrogens is 3. The molecule has 3 rings (SSSR count). The number of carbonyl (C=O) groups is 1. The van der Waals surface area contributed by atoms with E-state index in [4.69, 9.17) is 21.6 Å². The van der Waals surface area contributed by atoms with Crippen LogP contribution in [-0.4, -0.2) is 26.4 Å². The highest BCUT2D eigenvalue weighted by Crippen LogP contribution is 2.28. The molecule has 160 valence electrons. The van der Waals surface area contributed by atoms with Crippen molar-refractivity contribution in [2.75, 3.05) is 11.1 Å². The van der Waals surface area contributed by atoms with Crippen molar-refractivity contribution in [3.63, 3.8) is 0 Å². The Kier molecular flexibility index (Phi) is 7.74. The number of rotatable bonds is 9. The molecule has 2 heterocycles. The molecule has 0 aliphatic carbocycles. The lowest BCUT2D eigenvalue weighted by Crippen LogP contribution is -2.15. The number of nitrogens with zero attached hydrogens (tertiary/aromatic N) is 4. The van der Waals surface area contributed by atoms with Crippen LogP contribution in [0.25, 0.3) is 0 Å². The predicted molar refractivity (Wildman–Crippen MR) is 124 cm³/mol. The second kappa shape index (κ2) is 10.5. The van der Waals surface area contributed by atoms with Crippen molar-refractivity contribution in [2.45, 2.75) is 31.7 Å². The first-order valence-electron chi connectivity index (χ1n) is 9.30. The molecule has 3 aromatic rings. The van der Waals surface area contributed by atoms with Gasteiger partial charge in [-0.1, -0.05) is 29.4 Å². The van der Waals surface area contributed by atoms with Crippen molar-refractivity contribution in [2.24, 2.45) is 0 Å². The second-order valence-corrected chi connectivity index (χ2v) is 8.79. The zero-order chi connectivity index (χ0) is 22.4. The molecule has 10 heteroatoms. The Morgan fingerprint density at radius 3 is 3.00 bits per heavy atom. The van der Waals surface area contributed by atoms with Crippen LogP contribution in [0.2, 0.25) is 5.02 Å². The summed E-state index contributed by atoms with van der Waals surface area (Å²) in [4.78, 5) is 12.3. The zero-order valence-electron chi connectivity index (χ0n) is 17.0. The van der Waals surface area contributed by atoms with E-state index in [1.807, 2.05) is 24.5 Å². The molecule has 0 bridgehead atoms. The number of aryl methyl sites for hydroxylation is 1. The normalized spacial score (nSPS) is 11.5. The van der Waals surface area contributed by atoms with Crippen LogP contribution >= 0.6 is 34.7 Å². The maximum absolute atomic E-state index is 12.3. The summed E-state index contributed by atoms with van der Waals surface area (Å²) in [5, 5.41) is 23.9. The van der Waals surface area contributed by atoms with Crippen LogP contribution in [0.5, 0.6) is 5.75 Å². The van der Waals surface area contributed by atoms with Gasteiger partial charge in [0.05, 0.1) is 11.3 Å². The van der Waals surface area contributed by atoms with E-state index in [1.165, 1.54) is 23.1 Å². The quantitative estimate of drug-likeness (QED) is 0.338. The fourth-order valence-corrected chi connectivity index (χ4v) is 4.37. The zero-order valence-corrected chi connectivity index (χ0v) is 19.4. The molecular weight excluding hydrogens is 454 g/mol. The van der Waals surface area contributed by atoms with Gasteiger partial charge in [0, 0.05) is 11.6 Å². The van der Waals surface area contributed by atoms with Gasteiger partial charge < -0.3 is 10.1 Å². The van der Waals surface area contributed by atoms with Crippen molar-refractivity contribution in [1.29, 1.82) is 5.26 Å². The lowest BCUT2D eigenvalue weighted by molar-refractivity contribution is -0.113. The summed E-state index contributed by atoms with van der Waals surface area (Å²) in [5.41, 5.74) is 1.37. The maximum atomic E-state index is 12.3. The minimum absolute atomic E-state index is 0.129. The highest BCUT2D eigenvalue weighted by atomic mass is 35.5. The van der Waals surface area contributed by atoms with E-state index in [0.29, 0.717) is 38.9 Å². The third-order valence-electron chi connectivity index (χ3n) is 4.23. The average molecular weight is 474 g/mol. The number of nitriles is 1. The molecule has 31 heavy (non-hydrogen) atoms. The summed E-state index contributed by atoms with van der Waals surface area (Å²) in [6.45, 7) is 8.07. The smallest absolute Gasteiger partial charge is 0.235 e. The highest BCUT2D eigenvalue weighted by Gasteiger charge is 2.20. The fraction of sp³-hybridized carbons (Fsp3) is 0.238. The molecule has 7 nitrogen and oxygen atoms in total. The van der Waals surface area contributed by atoms with Crippen LogP contribution in [0.4, 0.5) is 5.00 Å². The molecule has 0 radical (unpaired) electrons. The first kappa shape index (κ1) is 22.9. The monoisotopic (exact) mass is 473 g/mol. The number of anilines is 1. The number of amides is 1. The van der Waals surface area contributed by atoms with Gasteiger partial charge in [-0.05, 0) is 49.1 Å². The molecule has 0 spiro atoms. The van der Waals surface area contributed by atoms with Crippen LogP contribution < -0.4 is 10.1 Å². The van der Waals surface area contributed by atoms with Crippen molar-refractivity contribution >= 4 is 45.6 Å². The Hall–Kier alpha value is -2.80. The third-order valence-corrected chi connectivity index (χ3v) is 6.45. The number of thiophene rings is 1. The van der Waals surface area contributed by atoms with E-state index in [2.05, 4.69) is 28.2 Å². The number of carbonyl (C=O) groups excluding carboxylic acids is 1. The number of ether oxygens (including phenoxy) is 1. The van der Waals surface area contributed by atoms with Crippen LogP contribution in [0.15, 0.2) is 47.5 Å².